The van der Waals surface area contributed by atoms with Gasteiger partial charge in [0.2, 0.25) is 0 Å². The Kier molecular flexibility index (Phi) is 5.72. The first-order valence-electron chi connectivity index (χ1n) is 8.90. The molecule has 1 spiro atoms. The number of hydrogen-bond donors (Lipinski definition) is 0. The van der Waals surface area contributed by atoms with Gasteiger partial charge in [-0.3, -0.25) is 0 Å². The van der Waals surface area contributed by atoms with Crippen LogP contribution in [0, 0.1) is 5.41 Å². The Labute approximate surface area is 132 Å². The molecule has 0 saturated carbocycles. The Morgan fingerprint density at radius 3 is 1.95 bits per heavy atom. The van der Waals surface area contributed by atoms with E-state index < -0.39 is 0 Å². The summed E-state index contributed by atoms with van der Waals surface area (Å²) >= 11 is 0. The summed E-state index contributed by atoms with van der Waals surface area (Å²) in [5, 5.41) is 0. The minimum Gasteiger partial charge on any atom is -0.375 e. The predicted octanol–water partition coefficient (Wildman–Crippen LogP) is 3.39. The standard InChI is InChI=1S/C18H36N2O/c1-16(2)20-12-8-18(9-13-20)6-10-19(11-7-18)14-15-21-17(3,4)5/h16H,6-15H2,1-5H3. The van der Waals surface area contributed by atoms with E-state index in [9.17, 15) is 0 Å². The molecule has 2 fully saturated rings. The molecular formula is C18H36N2O. The largest absolute Gasteiger partial charge is 0.375 e. The number of hydrogen-bond acceptors (Lipinski definition) is 3. The maximum atomic E-state index is 5.86. The number of nitrogens with zero attached hydrogens (tertiary/aromatic N) is 2. The van der Waals surface area contributed by atoms with Crippen molar-refractivity contribution in [3.63, 3.8) is 0 Å². The van der Waals surface area contributed by atoms with E-state index in [0.717, 1.165) is 19.2 Å². The molecule has 0 radical (unpaired) electrons. The molecule has 2 heterocycles. The third-order valence-electron chi connectivity index (χ3n) is 5.45. The Bertz CT molecular complexity index is 304. The van der Waals surface area contributed by atoms with Gasteiger partial charge in [0.15, 0.2) is 0 Å². The zero-order chi connectivity index (χ0) is 15.5. The Morgan fingerprint density at radius 1 is 0.952 bits per heavy atom. The van der Waals surface area contributed by atoms with Crippen LogP contribution in [0.5, 0.6) is 0 Å². The summed E-state index contributed by atoms with van der Waals surface area (Å²) in [6.45, 7) is 18.2. The van der Waals surface area contributed by atoms with Gasteiger partial charge in [0.25, 0.3) is 0 Å². The average molecular weight is 296 g/mol. The van der Waals surface area contributed by atoms with E-state index in [1.165, 1.54) is 51.9 Å². The van der Waals surface area contributed by atoms with Gasteiger partial charge in [-0.25, -0.2) is 0 Å². The van der Waals surface area contributed by atoms with Gasteiger partial charge in [-0.2, -0.15) is 0 Å². The average Bonchev–Trinajstić information content (AvgIpc) is 2.40. The highest BCUT2D eigenvalue weighted by molar-refractivity contribution is 4.91. The van der Waals surface area contributed by atoms with Crippen LogP contribution in [-0.2, 0) is 4.74 Å². The molecule has 0 aromatic heterocycles. The highest BCUT2D eigenvalue weighted by Crippen LogP contribution is 2.41. The highest BCUT2D eigenvalue weighted by Gasteiger charge is 2.37. The third-order valence-corrected chi connectivity index (χ3v) is 5.45. The first-order chi connectivity index (χ1) is 9.80. The molecule has 0 amide bonds. The SMILES string of the molecule is CC(C)N1CCC2(CCN(CCOC(C)(C)C)CC2)CC1. The third kappa shape index (κ3) is 5.22. The van der Waals surface area contributed by atoms with Gasteiger partial charge in [0.05, 0.1) is 12.2 Å². The van der Waals surface area contributed by atoms with Crippen molar-refractivity contribution in [2.45, 2.75) is 71.9 Å². The van der Waals surface area contributed by atoms with Gasteiger partial charge in [-0.05, 0) is 91.9 Å². The normalized spacial score (nSPS) is 24.9. The molecule has 0 bridgehead atoms. The number of rotatable bonds is 4. The van der Waals surface area contributed by atoms with Gasteiger partial charge in [-0.15, -0.1) is 0 Å². The molecule has 0 aromatic carbocycles. The Hall–Kier alpha value is -0.120. The fourth-order valence-electron chi connectivity index (χ4n) is 3.75. The second kappa shape index (κ2) is 6.97. The quantitative estimate of drug-likeness (QED) is 0.791. The fourth-order valence-corrected chi connectivity index (χ4v) is 3.75. The lowest BCUT2D eigenvalue weighted by atomic mass is 9.71. The van der Waals surface area contributed by atoms with Crippen molar-refractivity contribution < 1.29 is 4.74 Å². The van der Waals surface area contributed by atoms with Crippen LogP contribution in [0.2, 0.25) is 0 Å². The minimum atomic E-state index is 0.000679. The van der Waals surface area contributed by atoms with E-state index >= 15 is 0 Å². The fraction of sp³-hybridized carbons (Fsp3) is 1.00. The molecule has 124 valence electrons. The molecule has 0 N–H and O–H groups in total. The monoisotopic (exact) mass is 296 g/mol. The first-order valence-corrected chi connectivity index (χ1v) is 8.90. The summed E-state index contributed by atoms with van der Waals surface area (Å²) in [6, 6.07) is 0.719. The topological polar surface area (TPSA) is 15.7 Å². The zero-order valence-corrected chi connectivity index (χ0v) is 15.0. The summed E-state index contributed by atoms with van der Waals surface area (Å²) in [6.07, 6.45) is 5.62. The molecule has 0 atom stereocenters. The van der Waals surface area contributed by atoms with Crippen LogP contribution in [-0.4, -0.2) is 60.8 Å². The molecule has 0 aliphatic carbocycles. The summed E-state index contributed by atoms with van der Waals surface area (Å²) in [4.78, 5) is 5.25. The lowest BCUT2D eigenvalue weighted by Crippen LogP contribution is -2.48. The molecule has 2 rings (SSSR count). The van der Waals surface area contributed by atoms with Gasteiger partial charge >= 0.3 is 0 Å². The van der Waals surface area contributed by atoms with E-state index in [1.807, 2.05) is 0 Å². The van der Waals surface area contributed by atoms with E-state index in [-0.39, 0.29) is 5.60 Å². The van der Waals surface area contributed by atoms with Crippen LogP contribution in [0.25, 0.3) is 0 Å². The van der Waals surface area contributed by atoms with Crippen molar-refractivity contribution in [3.8, 4) is 0 Å². The lowest BCUT2D eigenvalue weighted by molar-refractivity contribution is -0.0265. The van der Waals surface area contributed by atoms with Crippen molar-refractivity contribution in [2.24, 2.45) is 5.41 Å². The number of likely N-dealkylation sites (tertiary alicyclic amines) is 2. The van der Waals surface area contributed by atoms with E-state index in [1.54, 1.807) is 0 Å². The molecule has 2 aliphatic rings. The maximum Gasteiger partial charge on any atom is 0.0600 e. The maximum absolute atomic E-state index is 5.86. The molecule has 2 aliphatic heterocycles. The molecule has 0 unspecified atom stereocenters. The number of ether oxygens (including phenoxy) is 1. The summed E-state index contributed by atoms with van der Waals surface area (Å²) in [5.74, 6) is 0. The second-order valence-corrected chi connectivity index (χ2v) is 8.43. The van der Waals surface area contributed by atoms with Crippen LogP contribution in [0.3, 0.4) is 0 Å². The molecular weight excluding hydrogens is 260 g/mol. The van der Waals surface area contributed by atoms with Crippen LogP contribution in [0.15, 0.2) is 0 Å². The summed E-state index contributed by atoms with van der Waals surface area (Å²) in [7, 11) is 0. The first kappa shape index (κ1) is 17.2. The van der Waals surface area contributed by atoms with Crippen LogP contribution < -0.4 is 0 Å². The van der Waals surface area contributed by atoms with Crippen molar-refractivity contribution in [2.75, 3.05) is 39.3 Å². The molecule has 3 nitrogen and oxygen atoms in total. The summed E-state index contributed by atoms with van der Waals surface area (Å²) in [5.41, 5.74) is 0.660. The van der Waals surface area contributed by atoms with E-state index in [2.05, 4.69) is 44.4 Å². The Morgan fingerprint density at radius 2 is 1.48 bits per heavy atom. The molecule has 0 aromatic rings. The highest BCUT2D eigenvalue weighted by atomic mass is 16.5. The van der Waals surface area contributed by atoms with Gasteiger partial charge in [-0.1, -0.05) is 0 Å². The smallest absolute Gasteiger partial charge is 0.0600 e. The van der Waals surface area contributed by atoms with Gasteiger partial charge < -0.3 is 14.5 Å². The van der Waals surface area contributed by atoms with E-state index in [4.69, 9.17) is 4.74 Å². The van der Waals surface area contributed by atoms with Crippen LogP contribution in [0.1, 0.15) is 60.3 Å². The van der Waals surface area contributed by atoms with Gasteiger partial charge in [0.1, 0.15) is 0 Å². The van der Waals surface area contributed by atoms with Crippen LogP contribution in [0.4, 0.5) is 0 Å². The minimum absolute atomic E-state index is 0.000679. The predicted molar refractivity (Wildman–Crippen MR) is 89.8 cm³/mol. The van der Waals surface area contributed by atoms with Crippen molar-refractivity contribution in [3.05, 3.63) is 0 Å². The van der Waals surface area contributed by atoms with Crippen molar-refractivity contribution in [1.29, 1.82) is 0 Å². The second-order valence-electron chi connectivity index (χ2n) is 8.43. The number of piperidine rings is 2. The van der Waals surface area contributed by atoms with Crippen molar-refractivity contribution >= 4 is 0 Å². The zero-order valence-electron chi connectivity index (χ0n) is 15.0. The van der Waals surface area contributed by atoms with Crippen molar-refractivity contribution in [1.82, 2.24) is 9.80 Å². The van der Waals surface area contributed by atoms with Crippen LogP contribution >= 0.6 is 0 Å². The summed E-state index contributed by atoms with van der Waals surface area (Å²) < 4.78 is 5.86. The molecule has 2 saturated heterocycles. The van der Waals surface area contributed by atoms with Gasteiger partial charge in [0, 0.05) is 12.6 Å². The Balaban J connectivity index is 1.69. The molecule has 21 heavy (non-hydrogen) atoms. The lowest BCUT2D eigenvalue weighted by Gasteiger charge is -2.47. The molecule has 3 heteroatoms. The van der Waals surface area contributed by atoms with E-state index in [0.29, 0.717) is 5.41 Å².